The van der Waals surface area contributed by atoms with E-state index in [2.05, 4.69) is 26.8 Å². The summed E-state index contributed by atoms with van der Waals surface area (Å²) in [7, 11) is 1.76. The molecule has 0 aromatic heterocycles. The van der Waals surface area contributed by atoms with E-state index < -0.39 is 6.10 Å². The second-order valence-corrected chi connectivity index (χ2v) is 6.63. The lowest BCUT2D eigenvalue weighted by Gasteiger charge is -2.54. The summed E-state index contributed by atoms with van der Waals surface area (Å²) in [6.45, 7) is 6.37. The molecular weight excluding hydrogens is 226 g/mol. The number of aliphatic hydroxyl groups excluding tert-OH is 1. The summed E-state index contributed by atoms with van der Waals surface area (Å²) in [5, 5.41) is 19.6. The molecule has 2 aliphatic rings. The van der Waals surface area contributed by atoms with Gasteiger partial charge in [-0.2, -0.15) is 5.26 Å². The van der Waals surface area contributed by atoms with Crippen LogP contribution in [0.3, 0.4) is 0 Å². The summed E-state index contributed by atoms with van der Waals surface area (Å²) in [6, 6.07) is 2.17. The second kappa shape index (κ2) is 4.36. The topological polar surface area (TPSA) is 53.2 Å². The average Bonchev–Trinajstić information content (AvgIpc) is 2.33. The highest BCUT2D eigenvalue weighted by molar-refractivity contribution is 5.34. The smallest absolute Gasteiger partial charge is 0.0971 e. The molecule has 4 atom stereocenters. The molecule has 0 heterocycles. The van der Waals surface area contributed by atoms with Crippen molar-refractivity contribution in [2.45, 2.75) is 52.2 Å². The van der Waals surface area contributed by atoms with Crippen molar-refractivity contribution in [3.63, 3.8) is 0 Å². The van der Waals surface area contributed by atoms with Crippen LogP contribution in [-0.2, 0) is 4.74 Å². The molecule has 1 fully saturated rings. The zero-order chi connectivity index (χ0) is 13.6. The molecule has 0 saturated heterocycles. The molecule has 3 nitrogen and oxygen atoms in total. The van der Waals surface area contributed by atoms with Crippen LogP contribution in [-0.4, -0.2) is 24.4 Å². The van der Waals surface area contributed by atoms with Crippen LogP contribution in [0.4, 0.5) is 0 Å². The molecular formula is C15H23NO2. The van der Waals surface area contributed by atoms with E-state index in [0.717, 1.165) is 19.3 Å². The van der Waals surface area contributed by atoms with Crippen LogP contribution < -0.4 is 0 Å². The molecule has 0 bridgehead atoms. The van der Waals surface area contributed by atoms with Crippen molar-refractivity contribution in [1.29, 1.82) is 5.26 Å². The van der Waals surface area contributed by atoms with E-state index in [9.17, 15) is 10.4 Å². The highest BCUT2D eigenvalue weighted by Crippen LogP contribution is 2.56. The minimum Gasteiger partial charge on any atom is -0.387 e. The summed E-state index contributed by atoms with van der Waals surface area (Å²) in [6.07, 6.45) is 4.67. The number of hydrogen-bond donors (Lipinski definition) is 1. The van der Waals surface area contributed by atoms with Gasteiger partial charge in [-0.1, -0.05) is 26.8 Å². The molecule has 0 aromatic rings. The first-order valence-corrected chi connectivity index (χ1v) is 6.69. The number of nitrogens with zero attached hydrogens (tertiary/aromatic N) is 1. The predicted molar refractivity (Wildman–Crippen MR) is 69.7 cm³/mol. The number of rotatable bonds is 1. The number of hydrogen-bond acceptors (Lipinski definition) is 3. The summed E-state index contributed by atoms with van der Waals surface area (Å²) >= 11 is 0. The molecule has 2 rings (SSSR count). The van der Waals surface area contributed by atoms with Gasteiger partial charge < -0.3 is 9.84 Å². The fourth-order valence-electron chi connectivity index (χ4n) is 4.12. The third-order valence-electron chi connectivity index (χ3n) is 5.09. The molecule has 0 aliphatic heterocycles. The molecule has 0 amide bonds. The highest BCUT2D eigenvalue weighted by Gasteiger charge is 2.53. The summed E-state index contributed by atoms with van der Waals surface area (Å²) < 4.78 is 5.49. The number of methoxy groups -OCH3 is 1. The normalized spacial score (nSPS) is 42.7. The molecule has 0 aromatic carbocycles. The van der Waals surface area contributed by atoms with Crippen molar-refractivity contribution in [3.05, 3.63) is 11.6 Å². The van der Waals surface area contributed by atoms with Gasteiger partial charge in [-0.15, -0.1) is 0 Å². The Kier molecular flexibility index (Phi) is 3.29. The molecule has 100 valence electrons. The van der Waals surface area contributed by atoms with Gasteiger partial charge in [0.1, 0.15) is 0 Å². The second-order valence-electron chi connectivity index (χ2n) is 6.63. The Hall–Kier alpha value is -0.850. The van der Waals surface area contributed by atoms with Crippen molar-refractivity contribution < 1.29 is 9.84 Å². The Bertz CT molecular complexity index is 407. The van der Waals surface area contributed by atoms with Gasteiger partial charge in [-0.25, -0.2) is 0 Å². The van der Waals surface area contributed by atoms with E-state index in [4.69, 9.17) is 4.74 Å². The SMILES string of the molecule is CO[C@H]1CC[C@H]2C(C)(C)C(O)C(C#N)=C[C@]2(C)C1. The molecule has 2 aliphatic carbocycles. The van der Waals surface area contributed by atoms with Crippen LogP contribution in [0.5, 0.6) is 0 Å². The van der Waals surface area contributed by atoms with E-state index in [1.807, 2.05) is 6.08 Å². The Balaban J connectivity index is 2.43. The number of allylic oxidation sites excluding steroid dienone is 1. The number of nitriles is 1. The van der Waals surface area contributed by atoms with Gasteiger partial charge in [0.25, 0.3) is 0 Å². The Morgan fingerprint density at radius 1 is 1.39 bits per heavy atom. The lowest BCUT2D eigenvalue weighted by atomic mass is 9.51. The molecule has 0 radical (unpaired) electrons. The zero-order valence-corrected chi connectivity index (χ0v) is 11.7. The molecule has 1 saturated carbocycles. The zero-order valence-electron chi connectivity index (χ0n) is 11.7. The Labute approximate surface area is 109 Å². The van der Waals surface area contributed by atoms with Gasteiger partial charge in [0.05, 0.1) is 23.9 Å². The van der Waals surface area contributed by atoms with Crippen LogP contribution in [0.15, 0.2) is 11.6 Å². The number of ether oxygens (including phenoxy) is 1. The van der Waals surface area contributed by atoms with Gasteiger partial charge in [0.15, 0.2) is 0 Å². The molecule has 0 spiro atoms. The monoisotopic (exact) mass is 249 g/mol. The van der Waals surface area contributed by atoms with E-state index in [1.165, 1.54) is 0 Å². The molecule has 1 N–H and O–H groups in total. The van der Waals surface area contributed by atoms with Crippen molar-refractivity contribution in [2.75, 3.05) is 7.11 Å². The Morgan fingerprint density at radius 2 is 2.06 bits per heavy atom. The van der Waals surface area contributed by atoms with Gasteiger partial charge in [0.2, 0.25) is 0 Å². The minimum absolute atomic E-state index is 0.0350. The maximum atomic E-state index is 10.4. The van der Waals surface area contributed by atoms with Crippen molar-refractivity contribution in [3.8, 4) is 6.07 Å². The molecule has 3 heteroatoms. The van der Waals surface area contributed by atoms with Crippen LogP contribution in [0.2, 0.25) is 0 Å². The summed E-state index contributed by atoms with van der Waals surface area (Å²) in [4.78, 5) is 0. The van der Waals surface area contributed by atoms with Gasteiger partial charge in [0, 0.05) is 7.11 Å². The van der Waals surface area contributed by atoms with Crippen molar-refractivity contribution in [1.82, 2.24) is 0 Å². The quantitative estimate of drug-likeness (QED) is 0.777. The van der Waals surface area contributed by atoms with E-state index in [0.29, 0.717) is 11.5 Å². The van der Waals surface area contributed by atoms with E-state index in [1.54, 1.807) is 7.11 Å². The van der Waals surface area contributed by atoms with Gasteiger partial charge in [-0.05, 0) is 36.0 Å². The number of aliphatic hydroxyl groups is 1. The first-order chi connectivity index (χ1) is 8.35. The average molecular weight is 249 g/mol. The highest BCUT2D eigenvalue weighted by atomic mass is 16.5. The first kappa shape index (κ1) is 13.6. The summed E-state index contributed by atoms with van der Waals surface area (Å²) in [5.74, 6) is 0.406. The first-order valence-electron chi connectivity index (χ1n) is 6.69. The predicted octanol–water partition coefficient (Wildman–Crippen LogP) is 2.66. The lowest BCUT2D eigenvalue weighted by Crippen LogP contribution is -2.52. The maximum absolute atomic E-state index is 10.4. The minimum atomic E-state index is -0.639. The molecule has 1 unspecified atom stereocenters. The van der Waals surface area contributed by atoms with Crippen LogP contribution >= 0.6 is 0 Å². The van der Waals surface area contributed by atoms with Crippen LogP contribution in [0, 0.1) is 28.1 Å². The van der Waals surface area contributed by atoms with Crippen molar-refractivity contribution in [2.24, 2.45) is 16.7 Å². The van der Waals surface area contributed by atoms with Gasteiger partial charge in [-0.3, -0.25) is 0 Å². The Morgan fingerprint density at radius 3 is 2.61 bits per heavy atom. The van der Waals surface area contributed by atoms with Crippen molar-refractivity contribution >= 4 is 0 Å². The third kappa shape index (κ3) is 1.88. The third-order valence-corrected chi connectivity index (χ3v) is 5.09. The largest absolute Gasteiger partial charge is 0.387 e. The fourth-order valence-corrected chi connectivity index (χ4v) is 4.12. The van der Waals surface area contributed by atoms with E-state index >= 15 is 0 Å². The summed E-state index contributed by atoms with van der Waals surface area (Å²) in [5.41, 5.74) is 0.246. The standard InChI is InChI=1S/C15H23NO2/c1-14(2)12-6-5-11(18-4)8-15(12,3)7-10(9-16)13(14)17/h7,11-13,17H,5-6,8H2,1-4H3/t11-,12-,13?,15+/m0/s1. The molecule has 18 heavy (non-hydrogen) atoms. The maximum Gasteiger partial charge on any atom is 0.0971 e. The number of fused-ring (bicyclic) bond motifs is 1. The van der Waals surface area contributed by atoms with E-state index in [-0.39, 0.29) is 16.9 Å². The lowest BCUT2D eigenvalue weighted by molar-refractivity contribution is -0.0795. The van der Waals surface area contributed by atoms with Gasteiger partial charge >= 0.3 is 0 Å². The fraction of sp³-hybridized carbons (Fsp3) is 0.800. The van der Waals surface area contributed by atoms with Crippen LogP contribution in [0.1, 0.15) is 40.0 Å². The van der Waals surface area contributed by atoms with Crippen LogP contribution in [0.25, 0.3) is 0 Å².